The van der Waals surface area contributed by atoms with Crippen LogP contribution in [-0.2, 0) is 5.41 Å². The Morgan fingerprint density at radius 1 is 0.458 bits per heavy atom. The quantitative estimate of drug-likeness (QED) is 0.179. The van der Waals surface area contributed by atoms with Crippen LogP contribution in [0.4, 0.5) is 17.1 Å². The van der Waals surface area contributed by atoms with Gasteiger partial charge in [-0.3, -0.25) is 0 Å². The molecule has 0 amide bonds. The van der Waals surface area contributed by atoms with Gasteiger partial charge in [0.05, 0.1) is 11.1 Å². The van der Waals surface area contributed by atoms with Crippen LogP contribution >= 0.6 is 0 Å². The summed E-state index contributed by atoms with van der Waals surface area (Å²) >= 11 is 0. The molecule has 0 saturated heterocycles. The van der Waals surface area contributed by atoms with E-state index in [1.165, 1.54) is 50.1 Å². The number of hydrogen-bond acceptors (Lipinski definition) is 4. The van der Waals surface area contributed by atoms with Gasteiger partial charge < -0.3 is 19.1 Å². The molecule has 4 aliphatic carbocycles. The summed E-state index contributed by atoms with van der Waals surface area (Å²) in [6.07, 6.45) is 11.4. The van der Waals surface area contributed by atoms with Crippen LogP contribution in [-0.4, -0.2) is 6.10 Å². The van der Waals surface area contributed by atoms with Crippen molar-refractivity contribution in [1.29, 1.82) is 0 Å². The lowest BCUT2D eigenvalue weighted by molar-refractivity contribution is 0.269. The minimum Gasteiger partial charge on any atom is -0.485 e. The molecule has 1 spiro atoms. The van der Waals surface area contributed by atoms with Crippen molar-refractivity contribution in [3.63, 3.8) is 0 Å². The fourth-order valence-corrected chi connectivity index (χ4v) is 10.9. The minimum absolute atomic E-state index is 0.0458. The lowest BCUT2D eigenvalue weighted by atomic mass is 9.65. The van der Waals surface area contributed by atoms with E-state index in [0.29, 0.717) is 11.5 Å². The molecule has 0 bridgehead atoms. The lowest BCUT2D eigenvalue weighted by Crippen LogP contribution is -2.34. The van der Waals surface area contributed by atoms with Crippen molar-refractivity contribution in [2.24, 2.45) is 5.92 Å². The van der Waals surface area contributed by atoms with Crippen LogP contribution in [0.1, 0.15) is 45.2 Å². The Kier molecular flexibility index (Phi) is 6.86. The third-order valence-corrected chi connectivity index (χ3v) is 13.3. The van der Waals surface area contributed by atoms with E-state index in [2.05, 4.69) is 193 Å². The highest BCUT2D eigenvalue weighted by Crippen LogP contribution is 2.66. The summed E-state index contributed by atoms with van der Waals surface area (Å²) in [5.41, 5.74) is 14.4. The second-order valence-electron chi connectivity index (χ2n) is 16.3. The monoisotopic (exact) mass is 759 g/mol. The van der Waals surface area contributed by atoms with E-state index < -0.39 is 0 Å². The smallest absolute Gasteiger partial charge is 0.172 e. The van der Waals surface area contributed by atoms with Gasteiger partial charge in [0.2, 0.25) is 0 Å². The maximum Gasteiger partial charge on any atom is 0.172 e. The van der Waals surface area contributed by atoms with E-state index in [4.69, 9.17) is 14.2 Å². The third kappa shape index (κ3) is 4.66. The van der Waals surface area contributed by atoms with Crippen LogP contribution in [0, 0.1) is 5.92 Å². The third-order valence-electron chi connectivity index (χ3n) is 13.3. The fraction of sp³-hybridized carbons (Fsp3) is 0.0909. The van der Waals surface area contributed by atoms with Crippen LogP contribution in [0.3, 0.4) is 0 Å². The fourth-order valence-electron chi connectivity index (χ4n) is 10.9. The van der Waals surface area contributed by atoms with E-state index >= 15 is 0 Å². The first kappa shape index (κ1) is 32.8. The molecule has 0 aromatic heterocycles. The minimum atomic E-state index is -0.328. The largest absolute Gasteiger partial charge is 0.485 e. The Morgan fingerprint density at radius 2 is 1.08 bits per heavy atom. The average Bonchev–Trinajstić information content (AvgIpc) is 3.92. The van der Waals surface area contributed by atoms with E-state index in [0.717, 1.165) is 34.3 Å². The van der Waals surface area contributed by atoms with Crippen LogP contribution in [0.25, 0.3) is 16.7 Å². The highest BCUT2D eigenvalue weighted by molar-refractivity contribution is 5.86. The zero-order valence-corrected chi connectivity index (χ0v) is 32.0. The highest BCUT2D eigenvalue weighted by atomic mass is 16.6. The maximum atomic E-state index is 6.89. The number of anilines is 3. The highest BCUT2D eigenvalue weighted by Gasteiger charge is 2.58. The number of ether oxygens (including phenoxy) is 3. The van der Waals surface area contributed by atoms with E-state index in [9.17, 15) is 0 Å². The number of allylic oxidation sites excluding steroid dienone is 4. The number of fused-ring (bicyclic) bond motifs is 15. The Balaban J connectivity index is 0.863. The van der Waals surface area contributed by atoms with E-state index in [-0.39, 0.29) is 29.3 Å². The van der Waals surface area contributed by atoms with Crippen molar-refractivity contribution >= 4 is 22.6 Å². The van der Waals surface area contributed by atoms with Gasteiger partial charge in [-0.25, -0.2) is 0 Å². The first-order valence-electron chi connectivity index (χ1n) is 20.6. The van der Waals surface area contributed by atoms with Crippen molar-refractivity contribution in [2.75, 3.05) is 4.90 Å². The molecule has 4 unspecified atom stereocenters. The maximum absolute atomic E-state index is 6.89. The molecule has 4 heteroatoms. The Labute approximate surface area is 343 Å². The summed E-state index contributed by atoms with van der Waals surface area (Å²) in [5, 5.41) is 0. The van der Waals surface area contributed by atoms with Gasteiger partial charge >= 0.3 is 0 Å². The first-order chi connectivity index (χ1) is 29.2. The van der Waals surface area contributed by atoms with E-state index in [1.54, 1.807) is 0 Å². The topological polar surface area (TPSA) is 30.9 Å². The summed E-state index contributed by atoms with van der Waals surface area (Å²) in [6.45, 7) is 0. The van der Waals surface area contributed by atoms with Crippen molar-refractivity contribution in [2.45, 2.75) is 23.4 Å². The van der Waals surface area contributed by atoms with Gasteiger partial charge in [0, 0.05) is 40.8 Å². The predicted octanol–water partition coefficient (Wildman–Crippen LogP) is 12.9. The molecule has 4 nitrogen and oxygen atoms in total. The normalized spacial score (nSPS) is 21.3. The molecule has 59 heavy (non-hydrogen) atoms. The number of rotatable bonds is 4. The van der Waals surface area contributed by atoms with Gasteiger partial charge in [-0.05, 0) is 105 Å². The van der Waals surface area contributed by atoms with Crippen LogP contribution < -0.4 is 19.1 Å². The molecule has 13 rings (SSSR count). The average molecular weight is 760 g/mol. The molecule has 7 aromatic rings. The molecular weight excluding hydrogens is 723 g/mol. The molecule has 0 N–H and O–H groups in total. The van der Waals surface area contributed by atoms with Crippen LogP contribution in [0.15, 0.2) is 212 Å². The van der Waals surface area contributed by atoms with Gasteiger partial charge in [0.1, 0.15) is 11.9 Å². The second-order valence-corrected chi connectivity index (χ2v) is 16.3. The van der Waals surface area contributed by atoms with Gasteiger partial charge in [-0.1, -0.05) is 133 Å². The van der Waals surface area contributed by atoms with Gasteiger partial charge in [0.25, 0.3) is 0 Å². The Hall–Kier alpha value is -7.30. The number of nitrogens with zero attached hydrogens (tertiary/aromatic N) is 1. The molecular formula is C55H37NO3. The summed E-state index contributed by atoms with van der Waals surface area (Å²) < 4.78 is 19.9. The standard InChI is InChI=1S/C55H37NO3/c1-2-12-36(13-3-1)56(37-25-22-34(23-26-37)35-24-28-50-44(30-35)42-17-7-11-21-49(42)57-50)38-27-29-51-52(31-38)59-53-32-43-41-16-6-10-20-47(41)55(48(43)33-54(53)58-51)45-18-8-4-14-39(45)40-15-5-9-19-46(40)55/h1-33,43-44,48,50H. The van der Waals surface area contributed by atoms with Gasteiger partial charge in [-0.15, -0.1) is 0 Å². The van der Waals surface area contributed by atoms with Gasteiger partial charge in [0.15, 0.2) is 23.0 Å². The summed E-state index contributed by atoms with van der Waals surface area (Å²) in [4.78, 5) is 2.28. The molecule has 6 aliphatic rings. The van der Waals surface area contributed by atoms with E-state index in [1.807, 2.05) is 12.1 Å². The molecule has 4 atom stereocenters. The Morgan fingerprint density at radius 3 is 1.88 bits per heavy atom. The summed E-state index contributed by atoms with van der Waals surface area (Å²) in [7, 11) is 0. The second kappa shape index (κ2) is 12.3. The molecule has 2 aliphatic heterocycles. The molecule has 280 valence electrons. The Bertz CT molecular complexity index is 2960. The van der Waals surface area contributed by atoms with Crippen molar-refractivity contribution in [1.82, 2.24) is 0 Å². The predicted molar refractivity (Wildman–Crippen MR) is 234 cm³/mol. The summed E-state index contributed by atoms with van der Waals surface area (Å²) in [5.74, 6) is 4.39. The van der Waals surface area contributed by atoms with Crippen molar-refractivity contribution < 1.29 is 14.2 Å². The lowest BCUT2D eigenvalue weighted by Gasteiger charge is -2.38. The molecule has 0 radical (unpaired) electrons. The molecule has 7 aromatic carbocycles. The van der Waals surface area contributed by atoms with Crippen LogP contribution in [0.5, 0.6) is 17.2 Å². The summed E-state index contributed by atoms with van der Waals surface area (Å²) in [6, 6.07) is 60.9. The number of benzene rings is 7. The van der Waals surface area contributed by atoms with Crippen molar-refractivity contribution in [3.05, 3.63) is 245 Å². The first-order valence-corrected chi connectivity index (χ1v) is 20.6. The SMILES string of the molecule is C1=CC2Oc3ccccc3C2C=C1c1ccc(N(c2ccccc2)c2ccc3c(c2)OC2=CC4c5ccccc5C5(c6ccccc6-c6ccccc65)C4C=C2O3)cc1. The van der Waals surface area contributed by atoms with Crippen molar-refractivity contribution in [3.8, 4) is 28.4 Å². The zero-order chi connectivity index (χ0) is 38.7. The molecule has 0 saturated carbocycles. The zero-order valence-electron chi connectivity index (χ0n) is 32.0. The van der Waals surface area contributed by atoms with Crippen LogP contribution in [0.2, 0.25) is 0 Å². The number of para-hydroxylation sites is 2. The molecule has 0 fully saturated rings. The van der Waals surface area contributed by atoms with Gasteiger partial charge in [-0.2, -0.15) is 0 Å². The molecule has 2 heterocycles. The number of hydrogen-bond donors (Lipinski definition) is 0.